The van der Waals surface area contributed by atoms with Gasteiger partial charge in [-0.1, -0.05) is 105 Å². The SMILES string of the molecule is C/N=C\CCOP(OCC1OC(n2cnc3c(=O)[nH]c(NC(=O)C(C)C)nc32)CC1NP(=S)(OCCC#N)OCC1OC(/N=C\N(C)C)CC1NC(c1ccccc1)(c1ccccc1)c1ccccc1)N(C(C)C)C(C)C. The van der Waals surface area contributed by atoms with E-state index in [0.717, 1.165) is 16.7 Å². The van der Waals surface area contributed by atoms with E-state index >= 15 is 0 Å². The topological polar surface area (TPSA) is 227 Å². The van der Waals surface area contributed by atoms with Gasteiger partial charge in [-0.2, -0.15) is 10.2 Å². The third kappa shape index (κ3) is 15.4. The monoisotopic (exact) mass is 1110 g/mol. The van der Waals surface area contributed by atoms with E-state index < -0.39 is 57.0 Å². The summed E-state index contributed by atoms with van der Waals surface area (Å²) in [6.07, 6.45) is 3.84. The average Bonchev–Trinajstić information content (AvgIpc) is 4.16. The Hall–Kier alpha value is -5.17. The van der Waals surface area contributed by atoms with Gasteiger partial charge < -0.3 is 37.5 Å². The van der Waals surface area contributed by atoms with Crippen LogP contribution in [0.4, 0.5) is 5.95 Å². The summed E-state index contributed by atoms with van der Waals surface area (Å²) >= 11 is 6.45. The lowest BCUT2D eigenvalue weighted by Gasteiger charge is -2.40. The molecule has 2 fully saturated rings. The number of nitrogens with zero attached hydrogens (tertiary/aromatic N) is 8. The summed E-state index contributed by atoms with van der Waals surface area (Å²) in [7, 11) is 3.94. The van der Waals surface area contributed by atoms with E-state index in [2.05, 4.69) is 110 Å². The minimum Gasteiger partial charge on any atom is -0.369 e. The molecule has 414 valence electrons. The first kappa shape index (κ1) is 59.5. The number of aromatic nitrogens is 4. The number of rotatable bonds is 28. The zero-order chi connectivity index (χ0) is 55.1. The fraction of sp³-hybridized carbons (Fsp3) is 0.500. The first-order chi connectivity index (χ1) is 37.0. The quantitative estimate of drug-likeness (QED) is 0.0122. The van der Waals surface area contributed by atoms with E-state index in [4.69, 9.17) is 44.4 Å². The van der Waals surface area contributed by atoms with E-state index in [0.29, 0.717) is 19.4 Å². The van der Waals surface area contributed by atoms with Crippen molar-refractivity contribution in [1.29, 1.82) is 5.26 Å². The molecule has 4 heterocycles. The fourth-order valence-corrected chi connectivity index (χ4v) is 13.4. The molecule has 2 saturated heterocycles. The van der Waals surface area contributed by atoms with Crippen LogP contribution in [0.15, 0.2) is 112 Å². The molecule has 8 unspecified atom stereocenters. The second kappa shape index (κ2) is 28.1. The zero-order valence-corrected chi connectivity index (χ0v) is 48.0. The van der Waals surface area contributed by atoms with Gasteiger partial charge in [0.2, 0.25) is 11.9 Å². The standard InChI is InChI=1S/C54H74N12O8P2S/c1-37(2)51(67)60-53-59-50-49(52(68)61-53)58-36-65(50)48-32-44(45(74-48)33-70-75(69-29-20-28-56-7)66(38(3)4)39(5)6)63-76(77,71-30-19-27-55)72-34-46-43(31-47(73-46)57-35-64(8)9)62-54(40-21-13-10-14-22-40,41-23-15-11-16-24-41)42-25-17-12-18-26-42/h10-18,21-26,28,35-39,43-48,62H,19-20,29-34H2,1-9H3,(H,63,77)(H2,59,60,61,67,68)/b56-28-,57-35-. The van der Waals surface area contributed by atoms with Crippen molar-refractivity contribution in [2.24, 2.45) is 15.9 Å². The molecule has 4 N–H and O–H groups in total. The Labute approximate surface area is 458 Å². The number of amides is 1. The Morgan fingerprint density at radius 1 is 0.922 bits per heavy atom. The van der Waals surface area contributed by atoms with Crippen LogP contribution in [0.25, 0.3) is 11.2 Å². The molecule has 0 bridgehead atoms. The predicted molar refractivity (Wildman–Crippen MR) is 305 cm³/mol. The van der Waals surface area contributed by atoms with Gasteiger partial charge in [-0.15, -0.1) is 0 Å². The number of fused-ring (bicyclic) bond motifs is 1. The molecule has 20 nitrogen and oxygen atoms in total. The molecule has 0 spiro atoms. The Morgan fingerprint density at radius 3 is 2.12 bits per heavy atom. The minimum absolute atomic E-state index is 0.0112. The maximum absolute atomic E-state index is 13.4. The number of anilines is 1. The minimum atomic E-state index is -3.56. The Balaban J connectivity index is 1.24. The second-order valence-corrected chi connectivity index (χ2v) is 24.5. The van der Waals surface area contributed by atoms with Crippen LogP contribution in [0.5, 0.6) is 0 Å². The summed E-state index contributed by atoms with van der Waals surface area (Å²) in [5, 5.41) is 20.1. The van der Waals surface area contributed by atoms with Crippen molar-refractivity contribution in [3.8, 4) is 6.07 Å². The van der Waals surface area contributed by atoms with Gasteiger partial charge >= 0.3 is 0 Å². The van der Waals surface area contributed by atoms with Crippen molar-refractivity contribution >= 4 is 62.5 Å². The number of nitriles is 1. The normalized spacial score (nSPS) is 21.2. The van der Waals surface area contributed by atoms with Gasteiger partial charge in [0.05, 0.1) is 69.3 Å². The molecular formula is C54H74N12O8P2S. The summed E-state index contributed by atoms with van der Waals surface area (Å²) in [5.41, 5.74) is 1.99. The molecule has 3 aromatic carbocycles. The number of aromatic amines is 1. The van der Waals surface area contributed by atoms with Crippen LogP contribution in [0.2, 0.25) is 0 Å². The number of nitrogens with one attached hydrogen (secondary N) is 4. The van der Waals surface area contributed by atoms with Crippen molar-refractivity contribution in [1.82, 2.24) is 39.5 Å². The number of imidazole rings is 1. The third-order valence-corrected chi connectivity index (χ3v) is 17.6. The predicted octanol–water partition coefficient (Wildman–Crippen LogP) is 8.26. The molecule has 1 amide bonds. The van der Waals surface area contributed by atoms with Gasteiger partial charge in [-0.05, 0) is 56.2 Å². The Kier molecular flexibility index (Phi) is 21.7. The molecule has 7 rings (SSSR count). The molecular weight excluding hydrogens is 1040 g/mol. The molecule has 2 aliphatic heterocycles. The van der Waals surface area contributed by atoms with Crippen molar-refractivity contribution in [2.45, 2.75) is 122 Å². The molecule has 2 aliphatic rings. The van der Waals surface area contributed by atoms with Crippen LogP contribution in [0.1, 0.15) is 90.1 Å². The summed E-state index contributed by atoms with van der Waals surface area (Å²) < 4.78 is 44.2. The van der Waals surface area contributed by atoms with E-state index in [1.165, 1.54) is 6.33 Å². The highest BCUT2D eigenvalue weighted by atomic mass is 32.5. The van der Waals surface area contributed by atoms with Crippen molar-refractivity contribution in [3.63, 3.8) is 0 Å². The fourth-order valence-electron chi connectivity index (χ4n) is 9.37. The highest BCUT2D eigenvalue weighted by Gasteiger charge is 2.46. The van der Waals surface area contributed by atoms with Crippen LogP contribution in [-0.4, -0.2) is 138 Å². The second-order valence-electron chi connectivity index (χ2n) is 19.9. The maximum atomic E-state index is 13.4. The Morgan fingerprint density at radius 2 is 1.55 bits per heavy atom. The molecule has 0 aliphatic carbocycles. The lowest BCUT2D eigenvalue weighted by Crippen LogP contribution is -2.53. The summed E-state index contributed by atoms with van der Waals surface area (Å²) in [4.78, 5) is 48.6. The van der Waals surface area contributed by atoms with Crippen molar-refractivity contribution in [3.05, 3.63) is 124 Å². The van der Waals surface area contributed by atoms with Crippen LogP contribution >= 0.6 is 15.2 Å². The van der Waals surface area contributed by atoms with Crippen LogP contribution in [0, 0.1) is 17.2 Å². The molecule has 77 heavy (non-hydrogen) atoms. The molecule has 0 radical (unpaired) electrons. The molecule has 0 saturated carbocycles. The number of hydrogen-bond donors (Lipinski definition) is 4. The summed E-state index contributed by atoms with van der Waals surface area (Å²) in [6.45, 7) is 8.72. The highest BCUT2D eigenvalue weighted by Crippen LogP contribution is 2.50. The number of carbonyl (C=O) groups excluding carboxylic acids is 1. The average molecular weight is 1110 g/mol. The maximum Gasteiger partial charge on any atom is 0.280 e. The molecule has 8 atom stereocenters. The van der Waals surface area contributed by atoms with E-state index in [9.17, 15) is 14.9 Å². The molecule has 23 heteroatoms. The van der Waals surface area contributed by atoms with Gasteiger partial charge in [-0.3, -0.25) is 29.8 Å². The number of benzene rings is 3. The molecule has 2 aromatic heterocycles. The number of carbonyl (C=O) groups is 1. The van der Waals surface area contributed by atoms with Crippen LogP contribution in [0.3, 0.4) is 0 Å². The van der Waals surface area contributed by atoms with Crippen molar-refractivity contribution in [2.75, 3.05) is 52.9 Å². The lowest BCUT2D eigenvalue weighted by atomic mass is 9.76. The van der Waals surface area contributed by atoms with Gasteiger partial charge in [0, 0.05) is 76.7 Å². The number of aliphatic imine (C=N–C) groups is 2. The van der Waals surface area contributed by atoms with Crippen molar-refractivity contribution < 1.29 is 32.4 Å². The van der Waals surface area contributed by atoms with Gasteiger partial charge in [-0.25, -0.2) is 19.7 Å². The number of hydrogen-bond acceptors (Lipinski definition) is 16. The zero-order valence-electron chi connectivity index (χ0n) is 45.4. The third-order valence-electron chi connectivity index (χ3n) is 12.9. The summed E-state index contributed by atoms with van der Waals surface area (Å²) in [6, 6.07) is 32.4. The lowest BCUT2D eigenvalue weighted by molar-refractivity contribution is -0.118. The van der Waals surface area contributed by atoms with Crippen LogP contribution in [-0.2, 0) is 49.7 Å². The molecule has 5 aromatic rings. The Bertz CT molecular complexity index is 2770. The first-order valence-corrected chi connectivity index (χ1v) is 29.8. The van der Waals surface area contributed by atoms with E-state index in [-0.39, 0.29) is 79.7 Å². The largest absolute Gasteiger partial charge is 0.369 e. The van der Waals surface area contributed by atoms with E-state index in [1.807, 2.05) is 73.6 Å². The van der Waals surface area contributed by atoms with Gasteiger partial charge in [0.25, 0.3) is 20.7 Å². The van der Waals surface area contributed by atoms with Crippen LogP contribution < -0.4 is 21.3 Å². The highest BCUT2D eigenvalue weighted by molar-refractivity contribution is 8.09. The van der Waals surface area contributed by atoms with Gasteiger partial charge in [0.15, 0.2) is 17.4 Å². The van der Waals surface area contributed by atoms with E-state index in [1.54, 1.807) is 38.0 Å². The first-order valence-electron chi connectivity index (χ1n) is 26.1. The number of ether oxygens (including phenoxy) is 2. The summed E-state index contributed by atoms with van der Waals surface area (Å²) in [5.74, 6) is -0.704. The smallest absolute Gasteiger partial charge is 0.280 e. The van der Waals surface area contributed by atoms with Gasteiger partial charge in [0.1, 0.15) is 6.23 Å². The number of H-pyrrole nitrogens is 1.